The molecule has 19 heavy (non-hydrogen) atoms. The molecular formula is C17H20O2. The molecule has 0 aliphatic heterocycles. The maximum Gasteiger partial charge on any atom is 0.333 e. The van der Waals surface area contributed by atoms with Crippen molar-refractivity contribution in [2.45, 2.75) is 45.1 Å². The van der Waals surface area contributed by atoms with Gasteiger partial charge < -0.3 is 4.74 Å². The molecule has 0 amide bonds. The summed E-state index contributed by atoms with van der Waals surface area (Å²) in [6.45, 7) is 5.41. The van der Waals surface area contributed by atoms with Crippen molar-refractivity contribution in [3.05, 3.63) is 47.5 Å². The van der Waals surface area contributed by atoms with Crippen LogP contribution in [-0.2, 0) is 16.0 Å². The number of carbonyl (C=O) groups excluding carboxylic acids is 1. The van der Waals surface area contributed by atoms with Gasteiger partial charge in [0.2, 0.25) is 0 Å². The van der Waals surface area contributed by atoms with Gasteiger partial charge in [0, 0.05) is 11.0 Å². The van der Waals surface area contributed by atoms with E-state index >= 15 is 0 Å². The quantitative estimate of drug-likeness (QED) is 0.591. The van der Waals surface area contributed by atoms with Gasteiger partial charge in [-0.3, -0.25) is 0 Å². The van der Waals surface area contributed by atoms with Crippen molar-refractivity contribution >= 4 is 5.97 Å². The van der Waals surface area contributed by atoms with Crippen molar-refractivity contribution in [1.29, 1.82) is 0 Å². The number of carbonyl (C=O) groups is 1. The van der Waals surface area contributed by atoms with Gasteiger partial charge >= 0.3 is 5.97 Å². The number of hydrogen-bond acceptors (Lipinski definition) is 2. The van der Waals surface area contributed by atoms with Crippen LogP contribution in [0.2, 0.25) is 0 Å². The topological polar surface area (TPSA) is 26.3 Å². The molecule has 1 aromatic carbocycles. The number of aryl methyl sites for hydroxylation is 1. The van der Waals surface area contributed by atoms with E-state index in [1.807, 2.05) is 6.07 Å². The van der Waals surface area contributed by atoms with Crippen molar-refractivity contribution in [3.63, 3.8) is 0 Å². The van der Waals surface area contributed by atoms with Gasteiger partial charge in [-0.25, -0.2) is 4.79 Å². The third-order valence-corrected chi connectivity index (χ3v) is 4.48. The maximum absolute atomic E-state index is 11.9. The van der Waals surface area contributed by atoms with Crippen molar-refractivity contribution in [2.24, 2.45) is 5.41 Å². The molecule has 2 aliphatic carbocycles. The second-order valence-electron chi connectivity index (χ2n) is 5.98. The standard InChI is InChI=1S/C17H20O2/c1-12(2)16(18)19-15-14-8-4-3-6-13(14)7-5-9-17(15)10-11-17/h3-4,6,8,15H,1,5,7,9-11H2,2H3. The molecule has 1 atom stereocenters. The van der Waals surface area contributed by atoms with E-state index in [9.17, 15) is 4.79 Å². The SMILES string of the molecule is C=C(C)C(=O)OC1c2ccccc2CCCC12CC2. The van der Waals surface area contributed by atoms with E-state index in [1.165, 1.54) is 30.4 Å². The summed E-state index contributed by atoms with van der Waals surface area (Å²) in [5.41, 5.74) is 3.24. The summed E-state index contributed by atoms with van der Waals surface area (Å²) in [5.74, 6) is -0.257. The third-order valence-electron chi connectivity index (χ3n) is 4.48. The van der Waals surface area contributed by atoms with E-state index in [0.29, 0.717) is 5.57 Å². The summed E-state index contributed by atoms with van der Waals surface area (Å²) in [7, 11) is 0. The highest BCUT2D eigenvalue weighted by atomic mass is 16.5. The Bertz CT molecular complexity index is 526. The second kappa shape index (κ2) is 4.52. The molecule has 0 radical (unpaired) electrons. The second-order valence-corrected chi connectivity index (χ2v) is 5.98. The van der Waals surface area contributed by atoms with Crippen LogP contribution < -0.4 is 0 Å². The fraction of sp³-hybridized carbons (Fsp3) is 0.471. The molecule has 3 rings (SSSR count). The first-order valence-electron chi connectivity index (χ1n) is 7.07. The van der Waals surface area contributed by atoms with E-state index in [0.717, 1.165) is 12.8 Å². The number of esters is 1. The van der Waals surface area contributed by atoms with Gasteiger partial charge in [0.15, 0.2) is 0 Å². The van der Waals surface area contributed by atoms with Crippen LogP contribution in [0, 0.1) is 5.41 Å². The van der Waals surface area contributed by atoms with E-state index < -0.39 is 0 Å². The summed E-state index contributed by atoms with van der Waals surface area (Å²) in [6, 6.07) is 8.40. The molecule has 1 spiro atoms. The minimum atomic E-state index is -0.257. The van der Waals surface area contributed by atoms with Crippen molar-refractivity contribution < 1.29 is 9.53 Å². The van der Waals surface area contributed by atoms with Gasteiger partial charge in [-0.05, 0) is 50.2 Å². The molecule has 1 aromatic rings. The Labute approximate surface area is 114 Å². The summed E-state index contributed by atoms with van der Waals surface area (Å²) in [6.07, 6.45) is 5.73. The molecule has 2 aliphatic rings. The number of fused-ring (bicyclic) bond motifs is 1. The normalized spacial score (nSPS) is 23.3. The molecule has 0 aromatic heterocycles. The van der Waals surface area contributed by atoms with E-state index in [-0.39, 0.29) is 17.5 Å². The molecule has 2 nitrogen and oxygen atoms in total. The Morgan fingerprint density at radius 3 is 2.74 bits per heavy atom. The first-order chi connectivity index (χ1) is 9.12. The minimum absolute atomic E-state index is 0.0737. The molecule has 1 unspecified atom stereocenters. The summed E-state index contributed by atoms with van der Waals surface area (Å²) in [5, 5.41) is 0. The van der Waals surface area contributed by atoms with Crippen LogP contribution in [0.15, 0.2) is 36.4 Å². The van der Waals surface area contributed by atoms with Gasteiger partial charge in [0.1, 0.15) is 6.10 Å². The molecule has 0 saturated heterocycles. The van der Waals surface area contributed by atoms with Gasteiger partial charge in [-0.15, -0.1) is 0 Å². The number of ether oxygens (including phenoxy) is 1. The average molecular weight is 256 g/mol. The summed E-state index contributed by atoms with van der Waals surface area (Å²) in [4.78, 5) is 11.9. The highest BCUT2D eigenvalue weighted by Gasteiger charge is 2.52. The molecule has 0 heterocycles. The van der Waals surface area contributed by atoms with E-state index in [2.05, 4.69) is 24.8 Å². The lowest BCUT2D eigenvalue weighted by Gasteiger charge is -2.26. The van der Waals surface area contributed by atoms with Crippen LogP contribution in [0.3, 0.4) is 0 Å². The molecule has 0 bridgehead atoms. The Hall–Kier alpha value is -1.57. The lowest BCUT2D eigenvalue weighted by molar-refractivity contribution is -0.148. The van der Waals surface area contributed by atoms with E-state index in [1.54, 1.807) is 6.92 Å². The monoisotopic (exact) mass is 256 g/mol. The number of rotatable bonds is 2. The highest BCUT2D eigenvalue weighted by Crippen LogP contribution is 2.61. The Morgan fingerprint density at radius 2 is 2.05 bits per heavy atom. The zero-order valence-electron chi connectivity index (χ0n) is 11.4. The van der Waals surface area contributed by atoms with Crippen LogP contribution in [0.5, 0.6) is 0 Å². The fourth-order valence-corrected chi connectivity index (χ4v) is 3.18. The van der Waals surface area contributed by atoms with Gasteiger partial charge in [0.25, 0.3) is 0 Å². The Morgan fingerprint density at radius 1 is 1.32 bits per heavy atom. The predicted molar refractivity (Wildman–Crippen MR) is 74.7 cm³/mol. The zero-order chi connectivity index (χ0) is 13.5. The largest absolute Gasteiger partial charge is 0.454 e. The van der Waals surface area contributed by atoms with Crippen LogP contribution in [0.1, 0.15) is 49.8 Å². The Balaban J connectivity index is 1.97. The van der Waals surface area contributed by atoms with Crippen LogP contribution in [0.25, 0.3) is 0 Å². The van der Waals surface area contributed by atoms with Crippen molar-refractivity contribution in [2.75, 3.05) is 0 Å². The maximum atomic E-state index is 11.9. The van der Waals surface area contributed by atoms with Gasteiger partial charge in [0.05, 0.1) is 0 Å². The van der Waals surface area contributed by atoms with Crippen LogP contribution in [0.4, 0.5) is 0 Å². The van der Waals surface area contributed by atoms with Crippen LogP contribution in [-0.4, -0.2) is 5.97 Å². The fourth-order valence-electron chi connectivity index (χ4n) is 3.18. The Kier molecular flexibility index (Phi) is 2.96. The minimum Gasteiger partial charge on any atom is -0.454 e. The molecule has 0 N–H and O–H groups in total. The predicted octanol–water partition coefficient (Wildman–Crippen LogP) is 3.96. The molecule has 100 valence electrons. The van der Waals surface area contributed by atoms with Crippen molar-refractivity contribution in [3.8, 4) is 0 Å². The molecular weight excluding hydrogens is 236 g/mol. The summed E-state index contributed by atoms with van der Waals surface area (Å²) < 4.78 is 5.80. The van der Waals surface area contributed by atoms with Crippen LogP contribution >= 0.6 is 0 Å². The van der Waals surface area contributed by atoms with Gasteiger partial charge in [-0.1, -0.05) is 30.8 Å². The first kappa shape index (κ1) is 12.5. The number of hydrogen-bond donors (Lipinski definition) is 0. The molecule has 2 heteroatoms. The first-order valence-corrected chi connectivity index (χ1v) is 7.07. The average Bonchev–Trinajstić information content (AvgIpc) is 3.18. The lowest BCUT2D eigenvalue weighted by atomic mass is 9.90. The molecule has 1 saturated carbocycles. The van der Waals surface area contributed by atoms with Gasteiger partial charge in [-0.2, -0.15) is 0 Å². The van der Waals surface area contributed by atoms with E-state index in [4.69, 9.17) is 4.74 Å². The zero-order valence-corrected chi connectivity index (χ0v) is 11.4. The summed E-state index contributed by atoms with van der Waals surface area (Å²) >= 11 is 0. The lowest BCUT2D eigenvalue weighted by Crippen LogP contribution is -2.21. The highest BCUT2D eigenvalue weighted by molar-refractivity contribution is 5.87. The van der Waals surface area contributed by atoms with Crippen molar-refractivity contribution in [1.82, 2.24) is 0 Å². The number of benzene rings is 1. The smallest absolute Gasteiger partial charge is 0.333 e. The molecule has 1 fully saturated rings. The third kappa shape index (κ3) is 2.20.